The van der Waals surface area contributed by atoms with Crippen molar-refractivity contribution < 1.29 is 9.47 Å². The van der Waals surface area contributed by atoms with Crippen molar-refractivity contribution in [2.24, 2.45) is 0 Å². The van der Waals surface area contributed by atoms with Crippen molar-refractivity contribution in [1.29, 1.82) is 0 Å². The quantitative estimate of drug-likeness (QED) is 0.789. The van der Waals surface area contributed by atoms with E-state index in [9.17, 15) is 0 Å². The molecule has 0 saturated carbocycles. The van der Waals surface area contributed by atoms with E-state index in [1.165, 1.54) is 11.8 Å². The lowest BCUT2D eigenvalue weighted by atomic mass is 10.3. The summed E-state index contributed by atoms with van der Waals surface area (Å²) >= 11 is 1.53. The molecule has 2 rings (SSSR count). The van der Waals surface area contributed by atoms with Crippen LogP contribution in [0.15, 0.2) is 40.4 Å². The van der Waals surface area contributed by atoms with E-state index in [1.807, 2.05) is 43.3 Å². The van der Waals surface area contributed by atoms with Crippen molar-refractivity contribution in [2.45, 2.75) is 9.92 Å². The molecule has 0 amide bonds. The van der Waals surface area contributed by atoms with E-state index >= 15 is 0 Å². The van der Waals surface area contributed by atoms with E-state index in [1.54, 1.807) is 20.4 Å². The van der Waals surface area contributed by atoms with Gasteiger partial charge in [-0.15, -0.1) is 0 Å². The van der Waals surface area contributed by atoms with Crippen molar-refractivity contribution in [1.82, 2.24) is 9.97 Å². The second kappa shape index (κ2) is 6.47. The van der Waals surface area contributed by atoms with Crippen molar-refractivity contribution in [2.75, 3.05) is 33.2 Å². The summed E-state index contributed by atoms with van der Waals surface area (Å²) < 4.78 is 10.5. The van der Waals surface area contributed by atoms with Gasteiger partial charge in [0, 0.05) is 19.0 Å². The van der Waals surface area contributed by atoms with E-state index < -0.39 is 0 Å². The predicted molar refractivity (Wildman–Crippen MR) is 80.0 cm³/mol. The van der Waals surface area contributed by atoms with E-state index in [0.717, 1.165) is 15.7 Å². The van der Waals surface area contributed by atoms with Crippen molar-refractivity contribution in [3.8, 4) is 11.5 Å². The van der Waals surface area contributed by atoms with Crippen molar-refractivity contribution in [3.63, 3.8) is 0 Å². The highest BCUT2D eigenvalue weighted by molar-refractivity contribution is 7.99. The van der Waals surface area contributed by atoms with Gasteiger partial charge in [-0.05, 0) is 24.3 Å². The second-order valence-corrected chi connectivity index (χ2v) is 5.28. The van der Waals surface area contributed by atoms with E-state index in [2.05, 4.69) is 9.97 Å². The number of benzene rings is 1. The molecule has 1 heterocycles. The zero-order valence-electron chi connectivity index (χ0n) is 12.0. The van der Waals surface area contributed by atoms with Crippen LogP contribution in [0.1, 0.15) is 0 Å². The Kier molecular flexibility index (Phi) is 4.68. The summed E-state index contributed by atoms with van der Waals surface area (Å²) in [6.07, 6.45) is 1.69. The Morgan fingerprint density at radius 3 is 2.30 bits per heavy atom. The van der Waals surface area contributed by atoms with E-state index in [4.69, 9.17) is 9.47 Å². The maximum Gasteiger partial charge on any atom is 0.226 e. The van der Waals surface area contributed by atoms with E-state index in [0.29, 0.717) is 11.7 Å². The van der Waals surface area contributed by atoms with Crippen LogP contribution in [0.2, 0.25) is 0 Å². The van der Waals surface area contributed by atoms with Gasteiger partial charge in [0.1, 0.15) is 10.8 Å². The molecule has 0 spiro atoms. The average Bonchev–Trinajstić information content (AvgIpc) is 2.48. The first-order valence-electron chi connectivity index (χ1n) is 6.04. The Morgan fingerprint density at radius 2 is 1.75 bits per heavy atom. The van der Waals surface area contributed by atoms with Gasteiger partial charge < -0.3 is 14.4 Å². The molecule has 0 aliphatic heterocycles. The summed E-state index contributed by atoms with van der Waals surface area (Å²) in [4.78, 5) is 11.7. The van der Waals surface area contributed by atoms with Gasteiger partial charge in [0.05, 0.1) is 20.4 Å². The first-order chi connectivity index (χ1) is 9.63. The maximum atomic E-state index is 5.31. The number of nitrogens with zero attached hydrogens (tertiary/aromatic N) is 3. The number of anilines is 1. The highest BCUT2D eigenvalue weighted by Crippen LogP contribution is 2.34. The molecule has 106 valence electrons. The molecule has 5 nitrogen and oxygen atoms in total. The van der Waals surface area contributed by atoms with Crippen LogP contribution in [-0.2, 0) is 0 Å². The monoisotopic (exact) mass is 291 g/mol. The van der Waals surface area contributed by atoms with Gasteiger partial charge in [-0.3, -0.25) is 0 Å². The molecule has 0 fully saturated rings. The molecule has 0 aliphatic rings. The summed E-state index contributed by atoms with van der Waals surface area (Å²) in [5.74, 6) is 2.15. The van der Waals surface area contributed by atoms with Crippen LogP contribution in [0.5, 0.6) is 11.5 Å². The largest absolute Gasteiger partial charge is 0.497 e. The Bertz CT molecular complexity index is 573. The van der Waals surface area contributed by atoms with Crippen LogP contribution in [-0.4, -0.2) is 38.3 Å². The van der Waals surface area contributed by atoms with Crippen LogP contribution in [0, 0.1) is 0 Å². The molecule has 2 aromatic rings. The molecule has 0 unspecified atom stereocenters. The third kappa shape index (κ3) is 3.33. The third-order valence-electron chi connectivity index (χ3n) is 2.60. The Hall–Kier alpha value is -1.95. The zero-order valence-corrected chi connectivity index (χ0v) is 12.8. The number of hydrogen-bond donors (Lipinski definition) is 0. The van der Waals surface area contributed by atoms with Gasteiger partial charge in [0.15, 0.2) is 5.75 Å². The molecule has 1 aromatic carbocycles. The maximum absolute atomic E-state index is 5.31. The number of hydrogen-bond acceptors (Lipinski definition) is 6. The molecule has 0 atom stereocenters. The fraction of sp³-hybridized carbons (Fsp3) is 0.286. The summed E-state index contributed by atoms with van der Waals surface area (Å²) in [6.45, 7) is 0. The van der Waals surface area contributed by atoms with Crippen LogP contribution in [0.25, 0.3) is 0 Å². The molecule has 0 saturated heterocycles. The molecule has 0 N–H and O–H groups in total. The molecule has 0 aliphatic carbocycles. The van der Waals surface area contributed by atoms with Crippen molar-refractivity contribution in [3.05, 3.63) is 30.5 Å². The number of methoxy groups -OCH3 is 2. The molecule has 0 bridgehead atoms. The van der Waals surface area contributed by atoms with Gasteiger partial charge in [0.25, 0.3) is 0 Å². The molecular weight excluding hydrogens is 274 g/mol. The van der Waals surface area contributed by atoms with Gasteiger partial charge in [0.2, 0.25) is 5.95 Å². The van der Waals surface area contributed by atoms with E-state index in [-0.39, 0.29) is 0 Å². The molecule has 20 heavy (non-hydrogen) atoms. The first-order valence-corrected chi connectivity index (χ1v) is 6.86. The third-order valence-corrected chi connectivity index (χ3v) is 3.60. The number of aromatic nitrogens is 2. The van der Waals surface area contributed by atoms with Crippen LogP contribution >= 0.6 is 11.8 Å². The molecular formula is C14H17N3O2S. The Balaban J connectivity index is 2.27. The summed E-state index contributed by atoms with van der Waals surface area (Å²) in [7, 11) is 7.08. The summed E-state index contributed by atoms with van der Waals surface area (Å²) in [5.41, 5.74) is 0. The first kappa shape index (κ1) is 14.5. The van der Waals surface area contributed by atoms with Gasteiger partial charge in [-0.25, -0.2) is 9.97 Å². The minimum absolute atomic E-state index is 0.654. The standard InChI is InChI=1S/C14H17N3O2S/c1-17(2)14-15-9-12(19-4)13(16-14)20-11-7-5-10(18-3)6-8-11/h5-9H,1-4H3. The van der Waals surface area contributed by atoms with Crippen LogP contribution in [0.4, 0.5) is 5.95 Å². The lowest BCUT2D eigenvalue weighted by Gasteiger charge is -2.13. The molecule has 1 aromatic heterocycles. The summed E-state index contributed by atoms with van der Waals surface area (Å²) in [6, 6.07) is 7.81. The topological polar surface area (TPSA) is 47.5 Å². The fourth-order valence-corrected chi connectivity index (χ4v) is 2.39. The fourth-order valence-electron chi connectivity index (χ4n) is 1.53. The zero-order chi connectivity index (χ0) is 14.5. The van der Waals surface area contributed by atoms with Crippen molar-refractivity contribution >= 4 is 17.7 Å². The normalized spacial score (nSPS) is 10.2. The average molecular weight is 291 g/mol. The predicted octanol–water partition coefficient (Wildman–Crippen LogP) is 2.71. The second-order valence-electron chi connectivity index (χ2n) is 4.22. The minimum atomic E-state index is 0.654. The van der Waals surface area contributed by atoms with Crippen LogP contribution in [0.3, 0.4) is 0 Å². The van der Waals surface area contributed by atoms with Gasteiger partial charge in [-0.2, -0.15) is 0 Å². The molecule has 0 radical (unpaired) electrons. The SMILES string of the molecule is COc1ccc(Sc2nc(N(C)C)ncc2OC)cc1. The molecule has 6 heteroatoms. The number of ether oxygens (including phenoxy) is 2. The van der Waals surface area contributed by atoms with Crippen LogP contribution < -0.4 is 14.4 Å². The van der Waals surface area contributed by atoms with Gasteiger partial charge >= 0.3 is 0 Å². The number of rotatable bonds is 5. The Morgan fingerprint density at radius 1 is 1.05 bits per heavy atom. The Labute approximate surface area is 122 Å². The summed E-state index contributed by atoms with van der Waals surface area (Å²) in [5, 5.41) is 0.788. The highest BCUT2D eigenvalue weighted by Gasteiger charge is 2.10. The lowest BCUT2D eigenvalue weighted by molar-refractivity contribution is 0.398. The van der Waals surface area contributed by atoms with Gasteiger partial charge in [-0.1, -0.05) is 11.8 Å². The highest BCUT2D eigenvalue weighted by atomic mass is 32.2. The lowest BCUT2D eigenvalue weighted by Crippen LogP contribution is -2.13. The minimum Gasteiger partial charge on any atom is -0.497 e. The smallest absolute Gasteiger partial charge is 0.226 e.